The van der Waals surface area contributed by atoms with Crippen LogP contribution in [0, 0.1) is 10.1 Å². The molecule has 0 aromatic heterocycles. The molecule has 0 saturated carbocycles. The van der Waals surface area contributed by atoms with Gasteiger partial charge in [0.25, 0.3) is 0 Å². The highest BCUT2D eigenvalue weighted by atomic mass is 32.2. The van der Waals surface area contributed by atoms with E-state index in [9.17, 15) is 14.9 Å². The maximum absolute atomic E-state index is 10.6. The van der Waals surface area contributed by atoms with Gasteiger partial charge in [-0.3, -0.25) is 4.79 Å². The van der Waals surface area contributed by atoms with E-state index in [0.29, 0.717) is 16.7 Å². The Balaban J connectivity index is 2.85. The predicted octanol–water partition coefficient (Wildman–Crippen LogP) is 1.63. The highest BCUT2D eigenvalue weighted by molar-refractivity contribution is 7.97. The third-order valence-corrected chi connectivity index (χ3v) is 2.47. The van der Waals surface area contributed by atoms with Crippen molar-refractivity contribution in [2.75, 3.05) is 7.05 Å². The molecule has 14 heavy (non-hydrogen) atoms. The van der Waals surface area contributed by atoms with Gasteiger partial charge in [-0.25, -0.2) is 10.1 Å². The van der Waals surface area contributed by atoms with Crippen molar-refractivity contribution in [2.24, 2.45) is 0 Å². The number of nitrogens with zero attached hydrogens (tertiary/aromatic N) is 2. The van der Waals surface area contributed by atoms with Crippen molar-refractivity contribution >= 4 is 18.2 Å². The molecular formula is C8H8N2O3S. The summed E-state index contributed by atoms with van der Waals surface area (Å²) in [5, 5.41) is 9.78. The molecule has 0 saturated heterocycles. The summed E-state index contributed by atoms with van der Waals surface area (Å²) in [5.41, 5.74) is 0.450. The van der Waals surface area contributed by atoms with Crippen molar-refractivity contribution in [1.29, 1.82) is 0 Å². The standard InChI is InChI=1S/C8H8N2O3S/c1-9(10(12)13)14-8-5-3-2-4-7(8)6-11/h2-6H,1H3. The van der Waals surface area contributed by atoms with Gasteiger partial charge in [0.05, 0.1) is 19.0 Å². The van der Waals surface area contributed by atoms with Crippen LogP contribution < -0.4 is 0 Å². The first kappa shape index (κ1) is 10.5. The van der Waals surface area contributed by atoms with E-state index in [1.807, 2.05) is 0 Å². The molecule has 0 N–H and O–H groups in total. The second-order valence-corrected chi connectivity index (χ2v) is 3.60. The minimum Gasteiger partial charge on any atom is -0.298 e. The fourth-order valence-electron chi connectivity index (χ4n) is 0.837. The van der Waals surface area contributed by atoms with Gasteiger partial charge in [-0.1, -0.05) is 22.6 Å². The zero-order valence-corrected chi connectivity index (χ0v) is 8.23. The average molecular weight is 212 g/mol. The van der Waals surface area contributed by atoms with Gasteiger partial charge in [-0.05, 0) is 6.07 Å². The average Bonchev–Trinajstić information content (AvgIpc) is 2.18. The molecule has 0 amide bonds. The van der Waals surface area contributed by atoms with Crippen LogP contribution in [0.2, 0.25) is 0 Å². The Morgan fingerprint density at radius 3 is 2.71 bits per heavy atom. The van der Waals surface area contributed by atoms with Crippen LogP contribution in [0.15, 0.2) is 29.2 Å². The number of carbonyl (C=O) groups is 1. The van der Waals surface area contributed by atoms with Crippen molar-refractivity contribution in [1.82, 2.24) is 4.41 Å². The summed E-state index contributed by atoms with van der Waals surface area (Å²) >= 11 is 0.906. The molecule has 0 aliphatic carbocycles. The molecule has 1 aromatic carbocycles. The van der Waals surface area contributed by atoms with Crippen LogP contribution in [0.5, 0.6) is 0 Å². The van der Waals surface area contributed by atoms with Gasteiger partial charge < -0.3 is 0 Å². The first-order chi connectivity index (χ1) is 6.65. The van der Waals surface area contributed by atoms with Crippen LogP contribution in [0.4, 0.5) is 0 Å². The Morgan fingerprint density at radius 1 is 1.50 bits per heavy atom. The van der Waals surface area contributed by atoms with Gasteiger partial charge in [0.2, 0.25) is 0 Å². The molecule has 0 unspecified atom stereocenters. The van der Waals surface area contributed by atoms with Gasteiger partial charge in [0.15, 0.2) is 11.3 Å². The van der Waals surface area contributed by atoms with Crippen LogP contribution in [0.25, 0.3) is 0 Å². The van der Waals surface area contributed by atoms with E-state index in [2.05, 4.69) is 0 Å². The zero-order valence-electron chi connectivity index (χ0n) is 7.41. The molecule has 0 bridgehead atoms. The molecule has 0 radical (unpaired) electrons. The zero-order chi connectivity index (χ0) is 10.6. The Kier molecular flexibility index (Phi) is 3.47. The van der Waals surface area contributed by atoms with E-state index in [1.165, 1.54) is 7.05 Å². The van der Waals surface area contributed by atoms with Gasteiger partial charge >= 0.3 is 0 Å². The first-order valence-corrected chi connectivity index (χ1v) is 4.52. The summed E-state index contributed by atoms with van der Waals surface area (Å²) < 4.78 is 0.850. The monoisotopic (exact) mass is 212 g/mol. The molecule has 5 nitrogen and oxygen atoms in total. The lowest BCUT2D eigenvalue weighted by Gasteiger charge is -2.07. The summed E-state index contributed by atoms with van der Waals surface area (Å²) in [6.45, 7) is 0. The van der Waals surface area contributed by atoms with Gasteiger partial charge in [0, 0.05) is 10.5 Å². The molecule has 0 aliphatic rings. The predicted molar refractivity (Wildman–Crippen MR) is 52.4 cm³/mol. The number of carbonyl (C=O) groups excluding carboxylic acids is 1. The lowest BCUT2D eigenvalue weighted by molar-refractivity contribution is -0.610. The third kappa shape index (κ3) is 2.46. The van der Waals surface area contributed by atoms with E-state index in [-0.39, 0.29) is 0 Å². The van der Waals surface area contributed by atoms with Crippen LogP contribution in [0.1, 0.15) is 10.4 Å². The second-order valence-electron chi connectivity index (χ2n) is 2.45. The lowest BCUT2D eigenvalue weighted by atomic mass is 10.2. The number of hydrogen-bond donors (Lipinski definition) is 0. The molecule has 0 atom stereocenters. The van der Waals surface area contributed by atoms with E-state index in [4.69, 9.17) is 0 Å². The van der Waals surface area contributed by atoms with Crippen molar-refractivity contribution in [3.05, 3.63) is 39.9 Å². The van der Waals surface area contributed by atoms with Gasteiger partial charge in [-0.15, -0.1) is 0 Å². The topological polar surface area (TPSA) is 63.5 Å². The smallest absolute Gasteiger partial charge is 0.171 e. The molecule has 1 rings (SSSR count). The van der Waals surface area contributed by atoms with E-state index >= 15 is 0 Å². The molecule has 0 spiro atoms. The number of hydrazine groups is 1. The van der Waals surface area contributed by atoms with Crippen molar-refractivity contribution in [3.8, 4) is 0 Å². The van der Waals surface area contributed by atoms with E-state index < -0.39 is 5.03 Å². The van der Waals surface area contributed by atoms with Gasteiger partial charge in [0.1, 0.15) is 0 Å². The maximum atomic E-state index is 10.6. The highest BCUT2D eigenvalue weighted by Gasteiger charge is 2.11. The normalized spacial score (nSPS) is 9.50. The fourth-order valence-corrected chi connectivity index (χ4v) is 1.55. The molecule has 6 heteroatoms. The SMILES string of the molecule is CN(Sc1ccccc1C=O)[N+](=O)[O-]. The molecular weight excluding hydrogens is 204 g/mol. The number of benzene rings is 1. The Bertz CT molecular complexity index is 356. The number of aldehydes is 1. The molecule has 0 heterocycles. The maximum Gasteiger partial charge on any atom is 0.171 e. The Hall–Kier alpha value is -1.56. The summed E-state index contributed by atoms with van der Waals surface area (Å²) in [5.74, 6) is 0. The van der Waals surface area contributed by atoms with Crippen LogP contribution in [-0.2, 0) is 0 Å². The number of nitro groups is 1. The first-order valence-electron chi connectivity index (χ1n) is 3.75. The van der Waals surface area contributed by atoms with Crippen LogP contribution in [-0.4, -0.2) is 22.8 Å². The summed E-state index contributed by atoms with van der Waals surface area (Å²) in [4.78, 5) is 21.5. The van der Waals surface area contributed by atoms with Crippen molar-refractivity contribution < 1.29 is 9.83 Å². The van der Waals surface area contributed by atoms with E-state index in [0.717, 1.165) is 16.4 Å². The number of rotatable bonds is 4. The lowest BCUT2D eigenvalue weighted by Crippen LogP contribution is -2.17. The largest absolute Gasteiger partial charge is 0.298 e. The minimum atomic E-state index is -0.549. The molecule has 0 fully saturated rings. The molecule has 1 aromatic rings. The summed E-state index contributed by atoms with van der Waals surface area (Å²) in [6, 6.07) is 6.71. The number of hydrogen-bond acceptors (Lipinski definition) is 4. The van der Waals surface area contributed by atoms with Gasteiger partial charge in [-0.2, -0.15) is 0 Å². The third-order valence-electron chi connectivity index (χ3n) is 1.51. The van der Waals surface area contributed by atoms with Crippen LogP contribution in [0.3, 0.4) is 0 Å². The Labute approximate surface area is 85.0 Å². The molecule has 74 valence electrons. The summed E-state index contributed by atoms with van der Waals surface area (Å²) in [6.07, 6.45) is 0.677. The van der Waals surface area contributed by atoms with Crippen molar-refractivity contribution in [3.63, 3.8) is 0 Å². The fraction of sp³-hybridized carbons (Fsp3) is 0.125. The van der Waals surface area contributed by atoms with Crippen LogP contribution >= 0.6 is 11.9 Å². The minimum absolute atomic E-state index is 0.450. The van der Waals surface area contributed by atoms with Crippen molar-refractivity contribution in [2.45, 2.75) is 4.90 Å². The molecule has 0 aliphatic heterocycles. The quantitative estimate of drug-likeness (QED) is 0.328. The van der Waals surface area contributed by atoms with E-state index in [1.54, 1.807) is 24.3 Å². The highest BCUT2D eigenvalue weighted by Crippen LogP contribution is 2.23. The Morgan fingerprint density at radius 2 is 2.14 bits per heavy atom. The second kappa shape index (κ2) is 4.61. The summed E-state index contributed by atoms with van der Waals surface area (Å²) in [7, 11) is 1.33.